The van der Waals surface area contributed by atoms with Gasteiger partial charge in [0.25, 0.3) is 0 Å². The number of urea groups is 1. The minimum absolute atomic E-state index is 0.0472. The maximum Gasteiger partial charge on any atom is 0.320 e. The van der Waals surface area contributed by atoms with Crippen LogP contribution in [0.25, 0.3) is 0 Å². The van der Waals surface area contributed by atoms with E-state index in [1.165, 1.54) is 6.20 Å². The summed E-state index contributed by atoms with van der Waals surface area (Å²) in [7, 11) is 0. The molecule has 0 radical (unpaired) electrons. The van der Waals surface area contributed by atoms with Gasteiger partial charge in [-0.15, -0.1) is 0 Å². The van der Waals surface area contributed by atoms with Gasteiger partial charge in [-0.1, -0.05) is 6.07 Å². The predicted octanol–water partition coefficient (Wildman–Crippen LogP) is 0.715. The molecule has 1 aromatic heterocycles. The lowest BCUT2D eigenvalue weighted by molar-refractivity contribution is 0.252. The van der Waals surface area contributed by atoms with Crippen LogP contribution in [0.2, 0.25) is 0 Å². The summed E-state index contributed by atoms with van der Waals surface area (Å²) in [5.74, 6) is 0.466. The summed E-state index contributed by atoms with van der Waals surface area (Å²) < 4.78 is 0. The number of carbonyl (C=O) groups is 1. The Hall–Kier alpha value is -1.62. The summed E-state index contributed by atoms with van der Waals surface area (Å²) in [4.78, 5) is 15.0. The summed E-state index contributed by atoms with van der Waals surface area (Å²) >= 11 is 0. The molecule has 1 heterocycles. The molecule has 0 fully saturated rings. The second kappa shape index (κ2) is 5.18. The molecule has 0 unspecified atom stereocenters. The molecule has 0 aliphatic carbocycles. The van der Waals surface area contributed by atoms with E-state index in [2.05, 4.69) is 15.6 Å². The van der Waals surface area contributed by atoms with E-state index in [9.17, 15) is 4.79 Å². The number of aromatic nitrogens is 1. The van der Waals surface area contributed by atoms with Crippen molar-refractivity contribution in [3.63, 3.8) is 0 Å². The fraction of sp³-hybridized carbons (Fsp3) is 0.333. The van der Waals surface area contributed by atoms with Crippen LogP contribution in [0.5, 0.6) is 0 Å². The van der Waals surface area contributed by atoms with Crippen LogP contribution in [0.15, 0.2) is 18.3 Å². The molecule has 0 spiro atoms. The average molecular weight is 195 g/mol. The molecule has 5 nitrogen and oxygen atoms in total. The molecule has 14 heavy (non-hydrogen) atoms. The van der Waals surface area contributed by atoms with Crippen LogP contribution in [-0.2, 0) is 6.61 Å². The quantitative estimate of drug-likeness (QED) is 0.665. The topological polar surface area (TPSA) is 74.2 Å². The zero-order valence-electron chi connectivity index (χ0n) is 7.95. The fourth-order valence-electron chi connectivity index (χ4n) is 0.913. The maximum atomic E-state index is 11.1. The number of pyridine rings is 1. The number of amides is 2. The summed E-state index contributed by atoms with van der Waals surface area (Å²) in [5.41, 5.74) is 0.714. The number of rotatable bonds is 3. The number of anilines is 1. The van der Waals surface area contributed by atoms with Gasteiger partial charge in [-0.25, -0.2) is 9.78 Å². The van der Waals surface area contributed by atoms with E-state index in [0.717, 1.165) is 0 Å². The fourth-order valence-corrected chi connectivity index (χ4v) is 0.913. The third kappa shape index (κ3) is 3.02. The van der Waals surface area contributed by atoms with Crippen molar-refractivity contribution < 1.29 is 9.90 Å². The van der Waals surface area contributed by atoms with Gasteiger partial charge in [-0.2, -0.15) is 0 Å². The number of aliphatic hydroxyl groups is 1. The van der Waals surface area contributed by atoms with Gasteiger partial charge in [-0.05, 0) is 18.6 Å². The van der Waals surface area contributed by atoms with Crippen molar-refractivity contribution in [2.75, 3.05) is 11.9 Å². The Kier molecular flexibility index (Phi) is 3.87. The monoisotopic (exact) mass is 195 g/mol. The number of aliphatic hydroxyl groups excluding tert-OH is 1. The van der Waals surface area contributed by atoms with E-state index in [1.54, 1.807) is 12.1 Å². The summed E-state index contributed by atoms with van der Waals surface area (Å²) in [5, 5.41) is 13.9. The van der Waals surface area contributed by atoms with Crippen molar-refractivity contribution in [2.45, 2.75) is 13.5 Å². The zero-order valence-corrected chi connectivity index (χ0v) is 7.95. The van der Waals surface area contributed by atoms with Crippen molar-refractivity contribution in [3.05, 3.63) is 23.9 Å². The van der Waals surface area contributed by atoms with Crippen LogP contribution in [0.4, 0.5) is 10.6 Å². The molecule has 5 heteroatoms. The molecular formula is C9H13N3O2. The lowest BCUT2D eigenvalue weighted by atomic mass is 10.3. The Labute approximate surface area is 82.2 Å². The van der Waals surface area contributed by atoms with Gasteiger partial charge < -0.3 is 10.4 Å². The smallest absolute Gasteiger partial charge is 0.320 e. The van der Waals surface area contributed by atoms with Crippen molar-refractivity contribution in [1.29, 1.82) is 0 Å². The molecule has 3 N–H and O–H groups in total. The van der Waals surface area contributed by atoms with Crippen LogP contribution < -0.4 is 10.6 Å². The Morgan fingerprint density at radius 2 is 2.36 bits per heavy atom. The Bertz CT molecular complexity index is 297. The second-order valence-corrected chi connectivity index (χ2v) is 2.69. The van der Waals surface area contributed by atoms with E-state index in [0.29, 0.717) is 17.9 Å². The van der Waals surface area contributed by atoms with Crippen LogP contribution in [0.1, 0.15) is 12.5 Å². The molecule has 0 saturated heterocycles. The third-order valence-electron chi connectivity index (χ3n) is 1.59. The minimum atomic E-state index is -0.281. The largest absolute Gasteiger partial charge is 0.392 e. The highest BCUT2D eigenvalue weighted by atomic mass is 16.3. The average Bonchev–Trinajstić information content (AvgIpc) is 2.19. The highest BCUT2D eigenvalue weighted by molar-refractivity contribution is 5.88. The van der Waals surface area contributed by atoms with Crippen molar-refractivity contribution >= 4 is 11.8 Å². The summed E-state index contributed by atoms with van der Waals surface area (Å²) in [6.07, 6.45) is 1.52. The number of nitrogens with one attached hydrogen (secondary N) is 2. The van der Waals surface area contributed by atoms with E-state index in [4.69, 9.17) is 5.11 Å². The molecule has 76 valence electrons. The molecule has 0 aliphatic heterocycles. The maximum absolute atomic E-state index is 11.1. The molecule has 0 atom stereocenters. The number of hydrogen-bond acceptors (Lipinski definition) is 3. The molecule has 0 aromatic carbocycles. The highest BCUT2D eigenvalue weighted by Crippen LogP contribution is 2.04. The SMILES string of the molecule is CCNC(=O)Nc1ccc(CO)cn1. The zero-order chi connectivity index (χ0) is 10.4. The second-order valence-electron chi connectivity index (χ2n) is 2.69. The van der Waals surface area contributed by atoms with Crippen LogP contribution in [-0.4, -0.2) is 22.7 Å². The standard InChI is InChI=1S/C9H13N3O2/c1-2-10-9(14)12-8-4-3-7(6-13)5-11-8/h3-5,13H,2,6H2,1H3,(H2,10,11,12,14). The molecule has 1 rings (SSSR count). The van der Waals surface area contributed by atoms with E-state index < -0.39 is 0 Å². The molecule has 1 aromatic rings. The highest BCUT2D eigenvalue weighted by Gasteiger charge is 1.99. The number of nitrogens with zero attached hydrogens (tertiary/aromatic N) is 1. The molecule has 0 bridgehead atoms. The first-order chi connectivity index (χ1) is 6.76. The van der Waals surface area contributed by atoms with Crippen molar-refractivity contribution in [3.8, 4) is 0 Å². The van der Waals surface area contributed by atoms with Crippen LogP contribution in [0.3, 0.4) is 0 Å². The van der Waals surface area contributed by atoms with Gasteiger partial charge in [0.15, 0.2) is 0 Å². The molecule has 0 aliphatic rings. The van der Waals surface area contributed by atoms with Gasteiger partial charge in [-0.3, -0.25) is 5.32 Å². The predicted molar refractivity (Wildman–Crippen MR) is 52.9 cm³/mol. The molecular weight excluding hydrogens is 182 g/mol. The van der Waals surface area contributed by atoms with Gasteiger partial charge >= 0.3 is 6.03 Å². The molecule has 0 saturated carbocycles. The molecule has 2 amide bonds. The van der Waals surface area contributed by atoms with Crippen molar-refractivity contribution in [1.82, 2.24) is 10.3 Å². The minimum Gasteiger partial charge on any atom is -0.392 e. The summed E-state index contributed by atoms with van der Waals surface area (Å²) in [6.45, 7) is 2.36. The first-order valence-electron chi connectivity index (χ1n) is 4.37. The first kappa shape index (κ1) is 10.5. The summed E-state index contributed by atoms with van der Waals surface area (Å²) in [6, 6.07) is 3.06. The Balaban J connectivity index is 2.55. The van der Waals surface area contributed by atoms with Crippen molar-refractivity contribution in [2.24, 2.45) is 0 Å². The van der Waals surface area contributed by atoms with E-state index in [-0.39, 0.29) is 12.6 Å². The first-order valence-corrected chi connectivity index (χ1v) is 4.37. The van der Waals surface area contributed by atoms with Gasteiger partial charge in [0.2, 0.25) is 0 Å². The van der Waals surface area contributed by atoms with Gasteiger partial charge in [0.1, 0.15) is 5.82 Å². The Morgan fingerprint density at radius 1 is 1.57 bits per heavy atom. The van der Waals surface area contributed by atoms with Crippen LogP contribution in [0, 0.1) is 0 Å². The lowest BCUT2D eigenvalue weighted by Gasteiger charge is -2.04. The number of hydrogen-bond donors (Lipinski definition) is 3. The van der Waals surface area contributed by atoms with Gasteiger partial charge in [0.05, 0.1) is 6.61 Å². The van der Waals surface area contributed by atoms with E-state index >= 15 is 0 Å². The van der Waals surface area contributed by atoms with Gasteiger partial charge in [0, 0.05) is 12.7 Å². The number of carbonyl (C=O) groups excluding carboxylic acids is 1. The van der Waals surface area contributed by atoms with Crippen LogP contribution >= 0.6 is 0 Å². The van der Waals surface area contributed by atoms with E-state index in [1.807, 2.05) is 6.92 Å². The Morgan fingerprint density at radius 3 is 2.86 bits per heavy atom. The normalized spacial score (nSPS) is 9.57. The lowest BCUT2D eigenvalue weighted by Crippen LogP contribution is -2.28. The third-order valence-corrected chi connectivity index (χ3v) is 1.59.